The zero-order valence-corrected chi connectivity index (χ0v) is 9.25. The summed E-state index contributed by atoms with van der Waals surface area (Å²) in [6.07, 6.45) is 0.823. The first kappa shape index (κ1) is 11.1. The van der Waals surface area contributed by atoms with Crippen molar-refractivity contribution in [3.8, 4) is 0 Å². The minimum Gasteiger partial charge on any atom is -0.396 e. The molecule has 0 aromatic heterocycles. The van der Waals surface area contributed by atoms with Crippen molar-refractivity contribution in [2.75, 3.05) is 25.1 Å². The van der Waals surface area contributed by atoms with Crippen molar-refractivity contribution in [1.29, 1.82) is 0 Å². The van der Waals surface area contributed by atoms with E-state index >= 15 is 0 Å². The Kier molecular flexibility index (Phi) is 3.96. The molecule has 0 atom stereocenters. The molecule has 0 aliphatic heterocycles. The predicted octanol–water partition coefficient (Wildman–Crippen LogP) is 2.12. The number of anilines is 1. The van der Waals surface area contributed by atoms with E-state index in [1.807, 2.05) is 0 Å². The van der Waals surface area contributed by atoms with Crippen molar-refractivity contribution in [2.24, 2.45) is 0 Å². The van der Waals surface area contributed by atoms with Crippen LogP contribution in [0.2, 0.25) is 0 Å². The number of rotatable bonds is 4. The summed E-state index contributed by atoms with van der Waals surface area (Å²) >= 11 is 0. The zero-order chi connectivity index (χ0) is 10.6. The van der Waals surface area contributed by atoms with Gasteiger partial charge in [0.2, 0.25) is 0 Å². The summed E-state index contributed by atoms with van der Waals surface area (Å²) < 4.78 is 0. The van der Waals surface area contributed by atoms with E-state index in [-0.39, 0.29) is 6.61 Å². The fraction of sp³-hybridized carbons (Fsp3) is 0.500. The Morgan fingerprint density at radius 3 is 2.57 bits per heavy atom. The number of hydrogen-bond acceptors (Lipinski definition) is 2. The van der Waals surface area contributed by atoms with E-state index in [2.05, 4.69) is 44.0 Å². The molecule has 0 aliphatic carbocycles. The highest BCUT2D eigenvalue weighted by atomic mass is 16.3. The topological polar surface area (TPSA) is 23.5 Å². The van der Waals surface area contributed by atoms with Gasteiger partial charge in [-0.3, -0.25) is 0 Å². The van der Waals surface area contributed by atoms with Gasteiger partial charge in [0, 0.05) is 25.9 Å². The van der Waals surface area contributed by atoms with Gasteiger partial charge in [-0.15, -0.1) is 0 Å². The number of hydrogen-bond donors (Lipinski definition) is 1. The fourth-order valence-corrected chi connectivity index (χ4v) is 1.66. The van der Waals surface area contributed by atoms with Crippen molar-refractivity contribution in [2.45, 2.75) is 20.3 Å². The van der Waals surface area contributed by atoms with E-state index in [1.165, 1.54) is 16.8 Å². The van der Waals surface area contributed by atoms with Gasteiger partial charge in [0.25, 0.3) is 0 Å². The van der Waals surface area contributed by atoms with Crippen LogP contribution in [-0.4, -0.2) is 25.3 Å². The molecule has 14 heavy (non-hydrogen) atoms. The number of aliphatic hydroxyl groups excluding tert-OH is 1. The Bertz CT molecular complexity index is 296. The molecule has 0 radical (unpaired) electrons. The Labute approximate surface area is 86.2 Å². The van der Waals surface area contributed by atoms with Crippen LogP contribution in [-0.2, 0) is 0 Å². The van der Waals surface area contributed by atoms with Crippen molar-refractivity contribution < 1.29 is 5.11 Å². The summed E-state index contributed by atoms with van der Waals surface area (Å²) in [6.45, 7) is 5.39. The van der Waals surface area contributed by atoms with Crippen molar-refractivity contribution in [3.05, 3.63) is 29.3 Å². The maximum atomic E-state index is 8.75. The first-order chi connectivity index (χ1) is 6.65. The maximum absolute atomic E-state index is 8.75. The van der Waals surface area contributed by atoms with E-state index in [4.69, 9.17) is 5.11 Å². The van der Waals surface area contributed by atoms with Crippen molar-refractivity contribution in [1.82, 2.24) is 0 Å². The molecule has 0 bridgehead atoms. The number of aryl methyl sites for hydroxylation is 2. The highest BCUT2D eigenvalue weighted by Gasteiger charge is 2.03. The Hall–Kier alpha value is -1.02. The van der Waals surface area contributed by atoms with Crippen LogP contribution in [0.5, 0.6) is 0 Å². The third kappa shape index (κ3) is 2.74. The Balaban J connectivity index is 2.74. The van der Waals surface area contributed by atoms with Gasteiger partial charge in [0.05, 0.1) is 0 Å². The van der Waals surface area contributed by atoms with Gasteiger partial charge in [-0.05, 0) is 31.9 Å². The van der Waals surface area contributed by atoms with Crippen LogP contribution in [0.3, 0.4) is 0 Å². The SMILES string of the molecule is Cc1ccc(N(C)CCCO)c(C)c1. The number of aliphatic hydroxyl groups is 1. The Morgan fingerprint density at radius 2 is 2.00 bits per heavy atom. The minimum absolute atomic E-state index is 0.259. The predicted molar refractivity (Wildman–Crippen MR) is 60.9 cm³/mol. The molecular formula is C12H19NO. The Morgan fingerprint density at radius 1 is 1.29 bits per heavy atom. The molecule has 0 saturated heterocycles. The molecule has 2 heteroatoms. The quantitative estimate of drug-likeness (QED) is 0.791. The molecule has 0 heterocycles. The van der Waals surface area contributed by atoms with Crippen LogP contribution >= 0.6 is 0 Å². The smallest absolute Gasteiger partial charge is 0.0447 e. The summed E-state index contributed by atoms with van der Waals surface area (Å²) in [5.41, 5.74) is 3.84. The number of nitrogens with zero attached hydrogens (tertiary/aromatic N) is 1. The maximum Gasteiger partial charge on any atom is 0.0447 e. The van der Waals surface area contributed by atoms with E-state index in [0.717, 1.165) is 13.0 Å². The van der Waals surface area contributed by atoms with Crippen LogP contribution in [0.1, 0.15) is 17.5 Å². The van der Waals surface area contributed by atoms with Gasteiger partial charge in [0.1, 0.15) is 0 Å². The lowest BCUT2D eigenvalue weighted by Crippen LogP contribution is -2.20. The molecule has 1 rings (SSSR count). The highest BCUT2D eigenvalue weighted by Crippen LogP contribution is 2.19. The normalized spacial score (nSPS) is 10.3. The first-order valence-corrected chi connectivity index (χ1v) is 5.04. The van der Waals surface area contributed by atoms with E-state index in [1.54, 1.807) is 0 Å². The summed E-state index contributed by atoms with van der Waals surface area (Å²) in [6, 6.07) is 6.45. The second-order valence-corrected chi connectivity index (χ2v) is 3.79. The first-order valence-electron chi connectivity index (χ1n) is 5.04. The van der Waals surface area contributed by atoms with E-state index in [0.29, 0.717) is 0 Å². The monoisotopic (exact) mass is 193 g/mol. The average molecular weight is 193 g/mol. The lowest BCUT2D eigenvalue weighted by Gasteiger charge is -2.21. The zero-order valence-electron chi connectivity index (χ0n) is 9.25. The lowest BCUT2D eigenvalue weighted by molar-refractivity contribution is 0.290. The third-order valence-electron chi connectivity index (χ3n) is 2.42. The number of benzene rings is 1. The summed E-state index contributed by atoms with van der Waals surface area (Å²) in [4.78, 5) is 2.19. The van der Waals surface area contributed by atoms with E-state index in [9.17, 15) is 0 Å². The summed E-state index contributed by atoms with van der Waals surface area (Å²) in [5, 5.41) is 8.75. The standard InChI is InChI=1S/C12H19NO/c1-10-5-6-12(11(2)9-10)13(3)7-4-8-14/h5-6,9,14H,4,7-8H2,1-3H3. The highest BCUT2D eigenvalue weighted by molar-refractivity contribution is 5.53. The molecule has 0 spiro atoms. The van der Waals surface area contributed by atoms with Gasteiger partial charge >= 0.3 is 0 Å². The molecular weight excluding hydrogens is 174 g/mol. The van der Waals surface area contributed by atoms with Gasteiger partial charge in [-0.1, -0.05) is 17.7 Å². The molecule has 1 aromatic rings. The largest absolute Gasteiger partial charge is 0.396 e. The molecule has 0 saturated carbocycles. The third-order valence-corrected chi connectivity index (χ3v) is 2.42. The molecule has 78 valence electrons. The van der Waals surface area contributed by atoms with Crippen molar-refractivity contribution in [3.63, 3.8) is 0 Å². The molecule has 1 aromatic carbocycles. The second kappa shape index (κ2) is 5.01. The molecule has 0 aliphatic rings. The molecule has 0 fully saturated rings. The van der Waals surface area contributed by atoms with Gasteiger partial charge in [0.15, 0.2) is 0 Å². The van der Waals surface area contributed by atoms with Crippen LogP contribution < -0.4 is 4.90 Å². The average Bonchev–Trinajstić information content (AvgIpc) is 2.14. The van der Waals surface area contributed by atoms with Crippen LogP contribution in [0.25, 0.3) is 0 Å². The fourth-order valence-electron chi connectivity index (χ4n) is 1.66. The van der Waals surface area contributed by atoms with Crippen LogP contribution in [0.4, 0.5) is 5.69 Å². The van der Waals surface area contributed by atoms with E-state index < -0.39 is 0 Å². The summed E-state index contributed by atoms with van der Waals surface area (Å²) in [5.74, 6) is 0. The molecule has 2 nitrogen and oxygen atoms in total. The molecule has 0 amide bonds. The van der Waals surface area contributed by atoms with Gasteiger partial charge in [-0.2, -0.15) is 0 Å². The molecule has 0 unspecified atom stereocenters. The second-order valence-electron chi connectivity index (χ2n) is 3.79. The lowest BCUT2D eigenvalue weighted by atomic mass is 10.1. The van der Waals surface area contributed by atoms with Crippen molar-refractivity contribution >= 4 is 5.69 Å². The van der Waals surface area contributed by atoms with Crippen LogP contribution in [0.15, 0.2) is 18.2 Å². The van der Waals surface area contributed by atoms with Crippen LogP contribution in [0, 0.1) is 13.8 Å². The minimum atomic E-state index is 0.259. The van der Waals surface area contributed by atoms with Gasteiger partial charge < -0.3 is 10.0 Å². The molecule has 1 N–H and O–H groups in total. The van der Waals surface area contributed by atoms with Gasteiger partial charge in [-0.25, -0.2) is 0 Å². The summed E-state index contributed by atoms with van der Waals surface area (Å²) in [7, 11) is 2.06.